The minimum Gasteiger partial charge on any atom is -0.354 e. The Morgan fingerprint density at radius 3 is 2.45 bits per heavy atom. The highest BCUT2D eigenvalue weighted by Gasteiger charge is 2.56. The van der Waals surface area contributed by atoms with Gasteiger partial charge in [0.1, 0.15) is 5.41 Å². The highest BCUT2D eigenvalue weighted by Crippen LogP contribution is 2.46. The first kappa shape index (κ1) is 16.5. The van der Waals surface area contributed by atoms with Gasteiger partial charge in [-0.3, -0.25) is 9.59 Å². The molecule has 5 heteroatoms. The average Bonchev–Trinajstić information content (AvgIpc) is 3.29. The number of carbonyl (C=O) groups excluding carboxylic acids is 2. The first-order chi connectivity index (χ1) is 10.5. The summed E-state index contributed by atoms with van der Waals surface area (Å²) in [4.78, 5) is 26.8. The number of amides is 2. The van der Waals surface area contributed by atoms with Crippen LogP contribution in [0.4, 0.5) is 5.69 Å². The van der Waals surface area contributed by atoms with Crippen LogP contribution in [0.2, 0.25) is 0 Å². The van der Waals surface area contributed by atoms with E-state index >= 15 is 0 Å². The van der Waals surface area contributed by atoms with E-state index in [4.69, 9.17) is 0 Å². The van der Waals surface area contributed by atoms with Crippen LogP contribution in [0.5, 0.6) is 0 Å². The summed E-state index contributed by atoms with van der Waals surface area (Å²) in [6.45, 7) is 3.38. The molecule has 1 saturated carbocycles. The van der Waals surface area contributed by atoms with Gasteiger partial charge in [-0.1, -0.05) is 25.1 Å². The summed E-state index contributed by atoms with van der Waals surface area (Å²) in [5.74, 6) is -0.336. The molecule has 1 fully saturated rings. The molecule has 1 aromatic rings. The average molecular weight is 303 g/mol. The predicted molar refractivity (Wildman–Crippen MR) is 87.7 cm³/mol. The van der Waals surface area contributed by atoms with Gasteiger partial charge < -0.3 is 15.5 Å². The van der Waals surface area contributed by atoms with E-state index in [0.29, 0.717) is 19.4 Å². The second-order valence-electron chi connectivity index (χ2n) is 6.11. The molecule has 0 spiro atoms. The Balaban J connectivity index is 1.98. The summed E-state index contributed by atoms with van der Waals surface area (Å²) in [6.07, 6.45) is 2.10. The summed E-state index contributed by atoms with van der Waals surface area (Å²) in [5, 5.41) is 5.80. The molecule has 2 rings (SSSR count). The lowest BCUT2D eigenvalue weighted by atomic mass is 10.0. The number of carbonyl (C=O) groups is 2. The van der Waals surface area contributed by atoms with Crippen molar-refractivity contribution in [3.63, 3.8) is 0 Å². The lowest BCUT2D eigenvalue weighted by Gasteiger charge is -2.17. The van der Waals surface area contributed by atoms with Crippen molar-refractivity contribution in [3.05, 3.63) is 29.8 Å². The van der Waals surface area contributed by atoms with Crippen molar-refractivity contribution >= 4 is 17.5 Å². The number of rotatable bonds is 7. The van der Waals surface area contributed by atoms with Crippen LogP contribution in [0.25, 0.3) is 0 Å². The molecule has 0 aromatic heterocycles. The minimum absolute atomic E-state index is 0.152. The van der Waals surface area contributed by atoms with Crippen LogP contribution < -0.4 is 10.6 Å². The Labute approximate surface area is 132 Å². The molecule has 5 nitrogen and oxygen atoms in total. The number of nitrogens with one attached hydrogen (secondary N) is 2. The molecule has 0 aliphatic heterocycles. The summed E-state index contributed by atoms with van der Waals surface area (Å²) < 4.78 is 0. The molecule has 1 aromatic carbocycles. The quantitative estimate of drug-likeness (QED) is 0.753. The molecule has 2 N–H and O–H groups in total. The molecule has 0 radical (unpaired) electrons. The first-order valence-corrected chi connectivity index (χ1v) is 7.82. The van der Waals surface area contributed by atoms with E-state index in [1.165, 1.54) is 0 Å². The van der Waals surface area contributed by atoms with Crippen molar-refractivity contribution in [1.82, 2.24) is 10.2 Å². The lowest BCUT2D eigenvalue weighted by Crippen LogP contribution is -2.42. The maximum Gasteiger partial charge on any atom is 0.240 e. The Kier molecular flexibility index (Phi) is 5.19. The van der Waals surface area contributed by atoms with E-state index in [1.807, 2.05) is 50.2 Å². The summed E-state index contributed by atoms with van der Waals surface area (Å²) in [6, 6.07) is 7.73. The van der Waals surface area contributed by atoms with Gasteiger partial charge in [0, 0.05) is 18.8 Å². The molecule has 22 heavy (non-hydrogen) atoms. The molecular formula is C17H25N3O2. The molecule has 2 amide bonds. The topological polar surface area (TPSA) is 61.4 Å². The van der Waals surface area contributed by atoms with Gasteiger partial charge >= 0.3 is 0 Å². The summed E-state index contributed by atoms with van der Waals surface area (Å²) in [7, 11) is 3.90. The Morgan fingerprint density at radius 2 is 1.86 bits per heavy atom. The van der Waals surface area contributed by atoms with Crippen molar-refractivity contribution in [2.75, 3.05) is 32.5 Å². The third-order valence-corrected chi connectivity index (χ3v) is 4.11. The van der Waals surface area contributed by atoms with Crippen LogP contribution in [-0.2, 0) is 16.0 Å². The standard InChI is InChI=1S/C17H25N3O2/c1-4-13-7-5-6-8-14(13)19-16(22)17(9-10-17)15(21)18-11-12-20(2)3/h5-8H,4,9-12H2,1-3H3,(H,18,21)(H,19,22). The fraction of sp³-hybridized carbons (Fsp3) is 0.529. The van der Waals surface area contributed by atoms with E-state index in [0.717, 1.165) is 24.2 Å². The van der Waals surface area contributed by atoms with Crippen LogP contribution in [0.3, 0.4) is 0 Å². The third kappa shape index (κ3) is 3.65. The molecule has 0 heterocycles. The van der Waals surface area contributed by atoms with Crippen molar-refractivity contribution < 1.29 is 9.59 Å². The number of anilines is 1. The van der Waals surface area contributed by atoms with Gasteiger partial charge in [0.2, 0.25) is 11.8 Å². The van der Waals surface area contributed by atoms with Crippen LogP contribution in [-0.4, -0.2) is 43.9 Å². The predicted octanol–water partition coefficient (Wildman–Crippen LogP) is 1.65. The number of likely N-dealkylation sites (N-methyl/N-ethyl adjacent to an activating group) is 1. The lowest BCUT2D eigenvalue weighted by molar-refractivity contribution is -0.134. The maximum absolute atomic E-state index is 12.5. The highest BCUT2D eigenvalue weighted by molar-refractivity contribution is 6.13. The van der Waals surface area contributed by atoms with Crippen LogP contribution in [0.15, 0.2) is 24.3 Å². The summed E-state index contributed by atoms with van der Waals surface area (Å²) >= 11 is 0. The molecule has 0 saturated heterocycles. The fourth-order valence-corrected chi connectivity index (χ4v) is 2.44. The largest absolute Gasteiger partial charge is 0.354 e. The molecule has 0 atom stereocenters. The van der Waals surface area contributed by atoms with Gasteiger partial charge in [0.05, 0.1) is 0 Å². The highest BCUT2D eigenvalue weighted by atomic mass is 16.2. The van der Waals surface area contributed by atoms with Gasteiger partial charge in [-0.15, -0.1) is 0 Å². The second-order valence-corrected chi connectivity index (χ2v) is 6.11. The number of hydrogen-bond donors (Lipinski definition) is 2. The first-order valence-electron chi connectivity index (χ1n) is 7.82. The van der Waals surface area contributed by atoms with Crippen molar-refractivity contribution in [2.24, 2.45) is 5.41 Å². The number of aryl methyl sites for hydroxylation is 1. The Bertz CT molecular complexity index is 551. The number of nitrogens with zero attached hydrogens (tertiary/aromatic N) is 1. The van der Waals surface area contributed by atoms with Crippen LogP contribution >= 0.6 is 0 Å². The molecule has 0 unspecified atom stereocenters. The monoisotopic (exact) mass is 303 g/mol. The molecule has 1 aliphatic carbocycles. The molecule has 120 valence electrons. The van der Waals surface area contributed by atoms with E-state index in [9.17, 15) is 9.59 Å². The molecule has 1 aliphatic rings. The number of benzene rings is 1. The van der Waals surface area contributed by atoms with E-state index in [1.54, 1.807) is 0 Å². The van der Waals surface area contributed by atoms with Gasteiger partial charge in [0.15, 0.2) is 0 Å². The SMILES string of the molecule is CCc1ccccc1NC(=O)C1(C(=O)NCCN(C)C)CC1. The maximum atomic E-state index is 12.5. The molecule has 0 bridgehead atoms. The van der Waals surface area contributed by atoms with Crippen molar-refractivity contribution in [2.45, 2.75) is 26.2 Å². The van der Waals surface area contributed by atoms with Crippen molar-refractivity contribution in [1.29, 1.82) is 0 Å². The zero-order chi connectivity index (χ0) is 16.2. The molecular weight excluding hydrogens is 278 g/mol. The van der Waals surface area contributed by atoms with Crippen LogP contribution in [0.1, 0.15) is 25.3 Å². The second kappa shape index (κ2) is 6.92. The van der Waals surface area contributed by atoms with Gasteiger partial charge in [-0.05, 0) is 45.0 Å². The van der Waals surface area contributed by atoms with Gasteiger partial charge in [-0.2, -0.15) is 0 Å². The normalized spacial score (nSPS) is 15.5. The zero-order valence-electron chi connectivity index (χ0n) is 13.6. The minimum atomic E-state index is -0.868. The van der Waals surface area contributed by atoms with Gasteiger partial charge in [0.25, 0.3) is 0 Å². The summed E-state index contributed by atoms with van der Waals surface area (Å²) in [5.41, 5.74) is 1.02. The smallest absolute Gasteiger partial charge is 0.240 e. The van der Waals surface area contributed by atoms with Gasteiger partial charge in [-0.25, -0.2) is 0 Å². The van der Waals surface area contributed by atoms with E-state index in [2.05, 4.69) is 10.6 Å². The number of hydrogen-bond acceptors (Lipinski definition) is 3. The zero-order valence-corrected chi connectivity index (χ0v) is 13.6. The Hall–Kier alpha value is -1.88. The number of para-hydroxylation sites is 1. The Morgan fingerprint density at radius 1 is 1.18 bits per heavy atom. The fourth-order valence-electron chi connectivity index (χ4n) is 2.44. The van der Waals surface area contributed by atoms with Crippen LogP contribution in [0, 0.1) is 5.41 Å². The van der Waals surface area contributed by atoms with E-state index in [-0.39, 0.29) is 11.8 Å². The van der Waals surface area contributed by atoms with Crippen molar-refractivity contribution in [3.8, 4) is 0 Å². The van der Waals surface area contributed by atoms with E-state index < -0.39 is 5.41 Å². The third-order valence-electron chi connectivity index (χ3n) is 4.11.